The van der Waals surface area contributed by atoms with Crippen LogP contribution in [0.3, 0.4) is 0 Å². The topological polar surface area (TPSA) is 0 Å². The lowest BCUT2D eigenvalue weighted by molar-refractivity contribution is 0.0153. The van der Waals surface area contributed by atoms with Crippen molar-refractivity contribution in [2.45, 2.75) is 77.7 Å². The first-order chi connectivity index (χ1) is 10.7. The lowest BCUT2D eigenvalue weighted by atomic mass is 9.58. The van der Waals surface area contributed by atoms with Crippen LogP contribution >= 0.6 is 10.0 Å². The van der Waals surface area contributed by atoms with Crippen LogP contribution < -0.4 is 0 Å². The third kappa shape index (κ3) is 2.63. The summed E-state index contributed by atoms with van der Waals surface area (Å²) in [7, 11) is -0.488. The maximum absolute atomic E-state index is 2.74. The molecule has 0 radical (unpaired) electrons. The van der Waals surface area contributed by atoms with Gasteiger partial charge < -0.3 is 0 Å². The molecule has 0 saturated heterocycles. The van der Waals surface area contributed by atoms with Crippen LogP contribution in [0.1, 0.15) is 67.2 Å². The van der Waals surface area contributed by atoms with Gasteiger partial charge >= 0.3 is 0 Å². The summed E-state index contributed by atoms with van der Waals surface area (Å²) < 4.78 is 0. The lowest BCUT2D eigenvalue weighted by Crippen LogP contribution is -2.46. The molecule has 0 N–H and O–H groups in total. The Morgan fingerprint density at radius 3 is 1.52 bits per heavy atom. The van der Waals surface area contributed by atoms with Gasteiger partial charge in [0.1, 0.15) is 0 Å². The van der Waals surface area contributed by atoms with E-state index in [9.17, 15) is 0 Å². The third-order valence-corrected chi connectivity index (χ3v) is 13.7. The Kier molecular flexibility index (Phi) is 4.94. The highest BCUT2D eigenvalue weighted by Crippen LogP contribution is 2.69. The van der Waals surface area contributed by atoms with Crippen molar-refractivity contribution in [3.63, 3.8) is 0 Å². The quantitative estimate of drug-likeness (QED) is 0.543. The van der Waals surface area contributed by atoms with Gasteiger partial charge in [0, 0.05) is 0 Å². The Morgan fingerprint density at radius 2 is 1.00 bits per heavy atom. The molecule has 136 valence electrons. The molecular formula is C22H42S. The summed E-state index contributed by atoms with van der Waals surface area (Å²) in [5.74, 6) is 7.54. The highest BCUT2D eigenvalue weighted by atomic mass is 32.3. The second-order valence-corrected chi connectivity index (χ2v) is 14.4. The summed E-state index contributed by atoms with van der Waals surface area (Å²) in [5, 5.41) is 2.09. The molecule has 0 aliphatic heterocycles. The molecule has 0 aromatic carbocycles. The van der Waals surface area contributed by atoms with Crippen molar-refractivity contribution in [3.8, 4) is 0 Å². The number of hydrogen-bond donors (Lipinski definition) is 0. The summed E-state index contributed by atoms with van der Waals surface area (Å²) in [6.07, 6.45) is 11.6. The first kappa shape index (κ1) is 18.2. The summed E-state index contributed by atoms with van der Waals surface area (Å²) in [4.78, 5) is 0. The van der Waals surface area contributed by atoms with E-state index < -0.39 is 10.0 Å². The maximum Gasteiger partial charge on any atom is -0.00521 e. The zero-order valence-corrected chi connectivity index (χ0v) is 17.8. The average molecular weight is 339 g/mol. The van der Waals surface area contributed by atoms with Crippen LogP contribution in [-0.2, 0) is 0 Å². The van der Waals surface area contributed by atoms with E-state index in [0.717, 1.165) is 57.8 Å². The second-order valence-electron chi connectivity index (χ2n) is 10.2. The van der Waals surface area contributed by atoms with Gasteiger partial charge in [0.2, 0.25) is 0 Å². The molecule has 3 fully saturated rings. The van der Waals surface area contributed by atoms with Gasteiger partial charge in [0.05, 0.1) is 0 Å². The van der Waals surface area contributed by atoms with Gasteiger partial charge in [-0.3, -0.25) is 0 Å². The Morgan fingerprint density at radius 1 is 0.565 bits per heavy atom. The SMILES string of the molecule is CC1C(C)C(C)C2C(C1C)C(C)C(C)C2S(C)(C)C1CCCC1. The van der Waals surface area contributed by atoms with Crippen molar-refractivity contribution in [2.24, 2.45) is 47.3 Å². The number of hydrogen-bond acceptors (Lipinski definition) is 0. The van der Waals surface area contributed by atoms with E-state index in [1.807, 2.05) is 0 Å². The normalized spacial score (nSPS) is 52.6. The smallest absolute Gasteiger partial charge is 0.00521 e. The summed E-state index contributed by atoms with van der Waals surface area (Å²) in [6, 6.07) is 0. The molecular weight excluding hydrogens is 296 g/mol. The first-order valence-corrected chi connectivity index (χ1v) is 13.0. The van der Waals surface area contributed by atoms with Crippen LogP contribution in [0.4, 0.5) is 0 Å². The monoisotopic (exact) mass is 338 g/mol. The van der Waals surface area contributed by atoms with Crippen molar-refractivity contribution >= 4 is 10.0 Å². The van der Waals surface area contributed by atoms with Gasteiger partial charge in [-0.05, 0) is 83.2 Å². The molecule has 0 nitrogen and oxygen atoms in total. The Balaban J connectivity index is 1.97. The molecule has 3 aliphatic carbocycles. The van der Waals surface area contributed by atoms with Gasteiger partial charge in [-0.2, -0.15) is 0 Å². The molecule has 0 aromatic rings. The molecule has 0 amide bonds. The van der Waals surface area contributed by atoms with Crippen molar-refractivity contribution in [1.82, 2.24) is 0 Å². The van der Waals surface area contributed by atoms with E-state index >= 15 is 0 Å². The van der Waals surface area contributed by atoms with Crippen LogP contribution in [0.2, 0.25) is 0 Å². The Hall–Kier alpha value is 0.350. The Labute approximate surface area is 147 Å². The van der Waals surface area contributed by atoms with Gasteiger partial charge in [0.15, 0.2) is 0 Å². The minimum Gasteiger partial charge on any atom is -0.241 e. The van der Waals surface area contributed by atoms with E-state index in [1.165, 1.54) is 25.7 Å². The van der Waals surface area contributed by atoms with Gasteiger partial charge in [-0.15, -0.1) is 0 Å². The third-order valence-electron chi connectivity index (χ3n) is 9.34. The molecule has 0 aromatic heterocycles. The molecule has 9 unspecified atom stereocenters. The highest BCUT2D eigenvalue weighted by molar-refractivity contribution is 8.33. The van der Waals surface area contributed by atoms with Gasteiger partial charge in [-0.25, -0.2) is 10.0 Å². The molecule has 3 rings (SSSR count). The highest BCUT2D eigenvalue weighted by Gasteiger charge is 2.58. The van der Waals surface area contributed by atoms with Crippen LogP contribution in [0, 0.1) is 47.3 Å². The fourth-order valence-corrected chi connectivity index (χ4v) is 12.0. The number of rotatable bonds is 2. The molecule has 23 heavy (non-hydrogen) atoms. The average Bonchev–Trinajstić information content (AvgIpc) is 3.12. The van der Waals surface area contributed by atoms with Crippen LogP contribution in [0.5, 0.6) is 0 Å². The fraction of sp³-hybridized carbons (Fsp3) is 1.00. The molecule has 9 atom stereocenters. The van der Waals surface area contributed by atoms with Crippen LogP contribution in [-0.4, -0.2) is 23.0 Å². The van der Waals surface area contributed by atoms with E-state index in [-0.39, 0.29) is 0 Å². The zero-order valence-electron chi connectivity index (χ0n) is 17.0. The fourth-order valence-electron chi connectivity index (χ4n) is 7.38. The summed E-state index contributed by atoms with van der Waals surface area (Å²) in [5.41, 5.74) is 0. The summed E-state index contributed by atoms with van der Waals surface area (Å²) in [6.45, 7) is 15.6. The van der Waals surface area contributed by atoms with Gasteiger partial charge in [0.25, 0.3) is 0 Å². The van der Waals surface area contributed by atoms with Crippen molar-refractivity contribution in [1.29, 1.82) is 0 Å². The minimum atomic E-state index is -0.488. The van der Waals surface area contributed by atoms with Crippen LogP contribution in [0.15, 0.2) is 0 Å². The zero-order chi connectivity index (χ0) is 17.1. The molecule has 0 bridgehead atoms. The molecule has 0 heterocycles. The molecule has 3 aliphatic rings. The largest absolute Gasteiger partial charge is 0.241 e. The van der Waals surface area contributed by atoms with E-state index in [2.05, 4.69) is 54.1 Å². The first-order valence-electron chi connectivity index (χ1n) is 10.4. The van der Waals surface area contributed by atoms with Gasteiger partial charge in [-0.1, -0.05) is 54.4 Å². The number of fused-ring (bicyclic) bond motifs is 1. The predicted molar refractivity (Wildman–Crippen MR) is 107 cm³/mol. The maximum atomic E-state index is 2.74. The Bertz CT molecular complexity index is 422. The van der Waals surface area contributed by atoms with Crippen molar-refractivity contribution < 1.29 is 0 Å². The lowest BCUT2D eigenvalue weighted by Gasteiger charge is -2.54. The second kappa shape index (κ2) is 6.26. The minimum absolute atomic E-state index is 0.488. The molecule has 0 spiro atoms. The molecule has 1 heteroatoms. The van der Waals surface area contributed by atoms with E-state index in [1.54, 1.807) is 0 Å². The van der Waals surface area contributed by atoms with Crippen molar-refractivity contribution in [3.05, 3.63) is 0 Å². The van der Waals surface area contributed by atoms with Crippen LogP contribution in [0.25, 0.3) is 0 Å². The summed E-state index contributed by atoms with van der Waals surface area (Å²) >= 11 is 0. The van der Waals surface area contributed by atoms with E-state index in [0.29, 0.717) is 0 Å². The van der Waals surface area contributed by atoms with Crippen molar-refractivity contribution in [2.75, 3.05) is 12.5 Å². The standard InChI is InChI=1S/C22H42S/c1-13-14(2)16(4)21-20(15(13)3)17(5)18(6)22(21)23(7,8)19-11-9-10-12-19/h13-22H,9-12H2,1-8H3. The van der Waals surface area contributed by atoms with E-state index in [4.69, 9.17) is 0 Å². The molecule has 3 saturated carbocycles. The predicted octanol–water partition coefficient (Wildman–Crippen LogP) is 6.44.